The topological polar surface area (TPSA) is 171 Å². The third-order valence-electron chi connectivity index (χ3n) is 4.25. The Hall–Kier alpha value is -3.44. The van der Waals surface area contributed by atoms with Gasteiger partial charge in [-0.3, -0.25) is 9.35 Å². The highest BCUT2D eigenvalue weighted by Crippen LogP contribution is 2.34. The van der Waals surface area contributed by atoms with Gasteiger partial charge in [0.15, 0.2) is 11.7 Å². The van der Waals surface area contributed by atoms with Crippen LogP contribution in [0.3, 0.4) is 0 Å². The highest BCUT2D eigenvalue weighted by atomic mass is 32.2. The first-order valence-electron chi connectivity index (χ1n) is 8.82. The number of hydrogen-bond acceptors (Lipinski definition) is 7. The summed E-state index contributed by atoms with van der Waals surface area (Å²) in [7, 11) is -4.28. The smallest absolute Gasteiger partial charge is 0.343 e. The Morgan fingerprint density at radius 3 is 2.50 bits per heavy atom. The Kier molecular flexibility index (Phi) is 6.04. The lowest BCUT2D eigenvalue weighted by molar-refractivity contribution is 0.0733. The van der Waals surface area contributed by atoms with Gasteiger partial charge in [0.05, 0.1) is 23.6 Å². The third kappa shape index (κ3) is 5.33. The van der Waals surface area contributed by atoms with Crippen molar-refractivity contribution in [2.75, 3.05) is 12.4 Å². The number of aliphatic imine (C=N–C) groups is 1. The molecule has 0 amide bonds. The van der Waals surface area contributed by atoms with Crippen molar-refractivity contribution in [2.24, 2.45) is 16.5 Å². The maximum absolute atomic E-state index is 12.5. The molecule has 0 atom stereocenters. The number of carbonyl (C=O) groups excluding carboxylic acids is 2. The number of Topliss-reactive ketones (excluding diaryl/α,β-unsaturated/α-hetero) is 1. The monoisotopic (exact) mass is 433 g/mol. The highest BCUT2D eigenvalue weighted by molar-refractivity contribution is 7.85. The summed E-state index contributed by atoms with van der Waals surface area (Å²) in [6.45, 7) is 0.345. The van der Waals surface area contributed by atoms with Crippen LogP contribution in [0.4, 0.5) is 5.69 Å². The zero-order valence-electron chi connectivity index (χ0n) is 15.7. The molecule has 0 fully saturated rings. The number of carbonyl (C=O) groups is 2. The lowest BCUT2D eigenvalue weighted by Gasteiger charge is -2.11. The molecule has 5 N–H and O–H groups in total. The minimum Gasteiger partial charge on any atom is -0.493 e. The van der Waals surface area contributed by atoms with E-state index in [2.05, 4.69) is 4.99 Å². The molecule has 0 bridgehead atoms. The Morgan fingerprint density at radius 1 is 1.17 bits per heavy atom. The summed E-state index contributed by atoms with van der Waals surface area (Å²) >= 11 is 0. The molecule has 0 spiro atoms. The highest BCUT2D eigenvalue weighted by Gasteiger charge is 2.24. The van der Waals surface area contributed by atoms with E-state index in [9.17, 15) is 18.0 Å². The van der Waals surface area contributed by atoms with Crippen LogP contribution in [0.2, 0.25) is 0 Å². The lowest BCUT2D eigenvalue weighted by atomic mass is 9.99. The van der Waals surface area contributed by atoms with E-state index in [4.69, 9.17) is 25.5 Å². The number of ketones is 1. The van der Waals surface area contributed by atoms with Crippen LogP contribution in [0.25, 0.3) is 0 Å². The van der Waals surface area contributed by atoms with Crippen molar-refractivity contribution in [3.8, 4) is 11.5 Å². The van der Waals surface area contributed by atoms with Crippen molar-refractivity contribution < 1.29 is 32.0 Å². The van der Waals surface area contributed by atoms with Crippen LogP contribution >= 0.6 is 0 Å². The number of fused-ring (bicyclic) bond motifs is 1. The number of rotatable bonds is 7. The summed E-state index contributed by atoms with van der Waals surface area (Å²) in [5, 5.41) is 0. The van der Waals surface area contributed by atoms with E-state index in [1.54, 1.807) is 0 Å². The van der Waals surface area contributed by atoms with Crippen LogP contribution in [0.5, 0.6) is 11.5 Å². The van der Waals surface area contributed by atoms with E-state index in [0.717, 1.165) is 0 Å². The predicted octanol–water partition coefficient (Wildman–Crippen LogP) is 1.21. The molecule has 1 aliphatic rings. The first kappa shape index (κ1) is 21.3. The van der Waals surface area contributed by atoms with Crippen molar-refractivity contribution in [3.05, 3.63) is 53.1 Å². The molecule has 0 saturated heterocycles. The molecule has 0 radical (unpaired) electrons. The van der Waals surface area contributed by atoms with Gasteiger partial charge in [-0.1, -0.05) is 0 Å². The number of hydrogen-bond donors (Lipinski definition) is 3. The molecule has 0 unspecified atom stereocenters. The van der Waals surface area contributed by atoms with E-state index in [1.165, 1.54) is 36.4 Å². The third-order valence-corrected chi connectivity index (χ3v) is 4.97. The second kappa shape index (κ2) is 8.51. The summed E-state index contributed by atoms with van der Waals surface area (Å²) in [4.78, 5) is 28.8. The summed E-state index contributed by atoms with van der Waals surface area (Å²) in [6, 6.07) is 8.89. The number of ether oxygens (including phenoxy) is 2. The molecule has 11 heteroatoms. The number of nitrogens with two attached hydrogens (primary N) is 2. The van der Waals surface area contributed by atoms with Crippen molar-refractivity contribution in [2.45, 2.75) is 12.8 Å². The van der Waals surface area contributed by atoms with Gasteiger partial charge in [-0.25, -0.2) is 9.79 Å². The molecule has 2 aromatic carbocycles. The largest absolute Gasteiger partial charge is 0.493 e. The molecule has 10 nitrogen and oxygen atoms in total. The fourth-order valence-corrected chi connectivity index (χ4v) is 3.36. The Morgan fingerprint density at radius 2 is 1.87 bits per heavy atom. The average Bonchev–Trinajstić information content (AvgIpc) is 3.13. The molecule has 3 rings (SSSR count). The molecule has 0 saturated carbocycles. The van der Waals surface area contributed by atoms with Gasteiger partial charge in [0, 0.05) is 30.0 Å². The lowest BCUT2D eigenvalue weighted by Crippen LogP contribution is -2.21. The quantitative estimate of drug-likeness (QED) is 0.145. The average molecular weight is 433 g/mol. The van der Waals surface area contributed by atoms with Gasteiger partial charge in [-0.15, -0.1) is 0 Å². The molecule has 1 aliphatic heterocycles. The zero-order chi connectivity index (χ0) is 21.9. The number of nitrogens with zero attached hydrogens (tertiary/aromatic N) is 1. The van der Waals surface area contributed by atoms with Gasteiger partial charge < -0.3 is 20.9 Å². The Labute approximate surface area is 172 Å². The fraction of sp³-hybridized carbons (Fsp3) is 0.211. The predicted molar refractivity (Wildman–Crippen MR) is 108 cm³/mol. The van der Waals surface area contributed by atoms with Crippen LogP contribution in [0.15, 0.2) is 41.4 Å². The van der Waals surface area contributed by atoms with Crippen molar-refractivity contribution in [1.82, 2.24) is 0 Å². The number of guanidine groups is 1. The summed E-state index contributed by atoms with van der Waals surface area (Å²) in [6.07, 6.45) is 0.0533. The maximum Gasteiger partial charge on any atom is 0.343 e. The van der Waals surface area contributed by atoms with Crippen molar-refractivity contribution >= 4 is 33.5 Å². The van der Waals surface area contributed by atoms with Crippen LogP contribution in [-0.4, -0.2) is 43.0 Å². The number of benzene rings is 2. The van der Waals surface area contributed by atoms with Crippen molar-refractivity contribution in [1.29, 1.82) is 0 Å². The molecule has 1 heterocycles. The van der Waals surface area contributed by atoms with Gasteiger partial charge in [0.2, 0.25) is 0 Å². The first-order chi connectivity index (χ1) is 14.1. The minimum absolute atomic E-state index is 0.0733. The molecule has 158 valence electrons. The SMILES string of the molecule is NC(N)=Nc1ccc(C(=O)Oc2cc3c(c(C(=O)CCS(=O)(=O)O)c2)CCO3)cc1. The van der Waals surface area contributed by atoms with E-state index >= 15 is 0 Å². The molecule has 0 aromatic heterocycles. The maximum atomic E-state index is 12.5. The van der Waals surface area contributed by atoms with Crippen LogP contribution < -0.4 is 20.9 Å². The molecule has 0 aliphatic carbocycles. The molecule has 2 aromatic rings. The van der Waals surface area contributed by atoms with E-state index in [0.29, 0.717) is 30.0 Å². The summed E-state index contributed by atoms with van der Waals surface area (Å²) < 4.78 is 41.6. The summed E-state index contributed by atoms with van der Waals surface area (Å²) in [5.41, 5.74) is 12.1. The first-order valence-corrected chi connectivity index (χ1v) is 10.4. The fourth-order valence-electron chi connectivity index (χ4n) is 2.92. The standard InChI is InChI=1S/C19H19N3O7S/c20-19(21)22-12-3-1-11(2-4-12)18(24)29-13-9-15(14-5-7-28-17(14)10-13)16(23)6-8-30(25,26)27/h1-4,9-10H,5-8H2,(H4,20,21,22)(H,25,26,27). The summed E-state index contributed by atoms with van der Waals surface area (Å²) in [5.74, 6) is -1.54. The van der Waals surface area contributed by atoms with E-state index in [1.807, 2.05) is 0 Å². The Bertz CT molecular complexity index is 1120. The van der Waals surface area contributed by atoms with Crippen LogP contribution in [-0.2, 0) is 16.5 Å². The van der Waals surface area contributed by atoms with Crippen LogP contribution in [0.1, 0.15) is 32.7 Å². The second-order valence-electron chi connectivity index (χ2n) is 6.48. The molecular formula is C19H19N3O7S. The van der Waals surface area contributed by atoms with Gasteiger partial charge in [-0.2, -0.15) is 8.42 Å². The Balaban J connectivity index is 1.82. The van der Waals surface area contributed by atoms with Crippen LogP contribution in [0, 0.1) is 0 Å². The van der Waals surface area contributed by atoms with E-state index < -0.39 is 34.0 Å². The van der Waals surface area contributed by atoms with Gasteiger partial charge in [0.1, 0.15) is 11.5 Å². The molecular weight excluding hydrogens is 414 g/mol. The van der Waals surface area contributed by atoms with Gasteiger partial charge in [0.25, 0.3) is 10.1 Å². The van der Waals surface area contributed by atoms with Crippen molar-refractivity contribution in [3.63, 3.8) is 0 Å². The zero-order valence-corrected chi connectivity index (χ0v) is 16.5. The number of esters is 1. The van der Waals surface area contributed by atoms with Gasteiger partial charge in [-0.05, 0) is 30.3 Å². The van der Waals surface area contributed by atoms with E-state index in [-0.39, 0.29) is 22.8 Å². The minimum atomic E-state index is -4.28. The second-order valence-corrected chi connectivity index (χ2v) is 8.05. The van der Waals surface area contributed by atoms with Gasteiger partial charge >= 0.3 is 5.97 Å². The molecule has 30 heavy (non-hydrogen) atoms. The normalized spacial score (nSPS) is 12.6.